The summed E-state index contributed by atoms with van der Waals surface area (Å²) in [6.07, 6.45) is 7.18. The van der Waals surface area contributed by atoms with E-state index in [0.29, 0.717) is 13.0 Å². The van der Waals surface area contributed by atoms with Gasteiger partial charge in [0.1, 0.15) is 5.54 Å². The van der Waals surface area contributed by atoms with E-state index >= 15 is 0 Å². The van der Waals surface area contributed by atoms with Gasteiger partial charge in [0.2, 0.25) is 0 Å². The van der Waals surface area contributed by atoms with Crippen LogP contribution in [0.5, 0.6) is 0 Å². The summed E-state index contributed by atoms with van der Waals surface area (Å²) in [6, 6.07) is 5.52. The summed E-state index contributed by atoms with van der Waals surface area (Å²) < 4.78 is 0. The number of nitrogens with one attached hydrogen (secondary N) is 1. The Bertz CT molecular complexity index is 509. The highest BCUT2D eigenvalue weighted by molar-refractivity contribution is 6.07. The Morgan fingerprint density at radius 3 is 2.70 bits per heavy atom. The van der Waals surface area contributed by atoms with Crippen LogP contribution >= 0.6 is 0 Å². The van der Waals surface area contributed by atoms with Crippen LogP contribution in [0, 0.1) is 0 Å². The molecule has 0 bridgehead atoms. The van der Waals surface area contributed by atoms with E-state index in [1.54, 1.807) is 11.1 Å². The SMILES string of the molecule is O=C1NC(=O)C2(CCCCC2)N1CCc1ccccn1. The summed E-state index contributed by atoms with van der Waals surface area (Å²) in [7, 11) is 0. The summed E-state index contributed by atoms with van der Waals surface area (Å²) in [6.45, 7) is 0.550. The summed E-state index contributed by atoms with van der Waals surface area (Å²) in [4.78, 5) is 30.3. The van der Waals surface area contributed by atoms with Crippen molar-refractivity contribution in [2.24, 2.45) is 0 Å². The Hall–Kier alpha value is -1.91. The summed E-state index contributed by atoms with van der Waals surface area (Å²) in [5.74, 6) is -0.108. The minimum absolute atomic E-state index is 0.108. The Balaban J connectivity index is 1.75. The predicted octanol–water partition coefficient (Wildman–Crippen LogP) is 1.88. The Kier molecular flexibility index (Phi) is 3.42. The molecule has 3 amide bonds. The number of amides is 3. The molecule has 1 spiro atoms. The standard InChI is InChI=1S/C15H19N3O2/c19-13-15(8-3-1-4-9-15)18(14(20)17-13)11-7-12-6-2-5-10-16-12/h2,5-6,10H,1,3-4,7-9,11H2,(H,17,19,20). The van der Waals surface area contributed by atoms with Crippen molar-refractivity contribution in [2.75, 3.05) is 6.54 Å². The average molecular weight is 273 g/mol. The predicted molar refractivity (Wildman–Crippen MR) is 74.0 cm³/mol. The minimum Gasteiger partial charge on any atom is -0.309 e. The molecule has 3 rings (SSSR count). The van der Waals surface area contributed by atoms with Crippen molar-refractivity contribution in [1.82, 2.24) is 15.2 Å². The van der Waals surface area contributed by atoms with E-state index < -0.39 is 5.54 Å². The first kappa shape index (κ1) is 13.1. The fourth-order valence-electron chi connectivity index (χ4n) is 3.32. The molecule has 1 saturated carbocycles. The zero-order valence-corrected chi connectivity index (χ0v) is 11.5. The molecule has 1 saturated heterocycles. The summed E-state index contributed by atoms with van der Waals surface area (Å²) >= 11 is 0. The Morgan fingerprint density at radius 1 is 1.20 bits per heavy atom. The normalized spacial score (nSPS) is 21.3. The zero-order valence-electron chi connectivity index (χ0n) is 11.5. The highest BCUT2D eigenvalue weighted by Gasteiger charge is 2.52. The van der Waals surface area contributed by atoms with Gasteiger partial charge in [-0.3, -0.25) is 15.1 Å². The molecule has 0 unspecified atom stereocenters. The largest absolute Gasteiger partial charge is 0.325 e. The van der Waals surface area contributed by atoms with Crippen LogP contribution in [0.15, 0.2) is 24.4 Å². The molecule has 0 atom stereocenters. The molecule has 2 fully saturated rings. The van der Waals surface area contributed by atoms with Crippen LogP contribution in [0.4, 0.5) is 4.79 Å². The van der Waals surface area contributed by atoms with E-state index in [-0.39, 0.29) is 11.9 Å². The van der Waals surface area contributed by atoms with Gasteiger partial charge in [0.05, 0.1) is 0 Å². The number of imide groups is 1. The van der Waals surface area contributed by atoms with Gasteiger partial charge in [0.15, 0.2) is 0 Å². The maximum Gasteiger partial charge on any atom is 0.325 e. The quantitative estimate of drug-likeness (QED) is 0.855. The fraction of sp³-hybridized carbons (Fsp3) is 0.533. The molecule has 0 aromatic carbocycles. The molecule has 5 nitrogen and oxygen atoms in total. The minimum atomic E-state index is -0.593. The van der Waals surface area contributed by atoms with E-state index in [2.05, 4.69) is 10.3 Å². The lowest BCUT2D eigenvalue weighted by atomic mass is 9.80. The second-order valence-electron chi connectivity index (χ2n) is 5.57. The molecule has 1 aliphatic carbocycles. The van der Waals surface area contributed by atoms with Gasteiger partial charge in [-0.2, -0.15) is 0 Å². The van der Waals surface area contributed by atoms with Crippen molar-refractivity contribution in [2.45, 2.75) is 44.1 Å². The molecule has 20 heavy (non-hydrogen) atoms. The van der Waals surface area contributed by atoms with Gasteiger partial charge in [-0.25, -0.2) is 4.79 Å². The fourth-order valence-corrected chi connectivity index (χ4v) is 3.32. The topological polar surface area (TPSA) is 62.3 Å². The van der Waals surface area contributed by atoms with Gasteiger partial charge in [-0.15, -0.1) is 0 Å². The van der Waals surface area contributed by atoms with Crippen LogP contribution in [0.2, 0.25) is 0 Å². The molecule has 106 valence electrons. The van der Waals surface area contributed by atoms with Crippen molar-refractivity contribution in [3.8, 4) is 0 Å². The molecule has 2 aliphatic rings. The molecule has 2 heterocycles. The Labute approximate surface area is 118 Å². The van der Waals surface area contributed by atoms with Gasteiger partial charge >= 0.3 is 6.03 Å². The second kappa shape index (κ2) is 5.23. The summed E-state index contributed by atoms with van der Waals surface area (Å²) in [5, 5.41) is 2.49. The van der Waals surface area contributed by atoms with Crippen LogP contribution in [-0.4, -0.2) is 33.9 Å². The lowest BCUT2D eigenvalue weighted by molar-refractivity contribution is -0.128. The monoisotopic (exact) mass is 273 g/mol. The molecule has 1 aliphatic heterocycles. The van der Waals surface area contributed by atoms with Gasteiger partial charge < -0.3 is 4.90 Å². The first-order valence-corrected chi connectivity index (χ1v) is 7.25. The first-order chi connectivity index (χ1) is 9.72. The number of carbonyl (C=O) groups is 2. The van der Waals surface area contributed by atoms with Crippen molar-refractivity contribution >= 4 is 11.9 Å². The van der Waals surface area contributed by atoms with E-state index in [0.717, 1.165) is 37.8 Å². The van der Waals surface area contributed by atoms with Gasteiger partial charge in [0, 0.05) is 24.9 Å². The lowest BCUT2D eigenvalue weighted by Gasteiger charge is -2.38. The third-order valence-corrected chi connectivity index (χ3v) is 4.40. The average Bonchev–Trinajstić information content (AvgIpc) is 2.70. The van der Waals surface area contributed by atoms with Crippen molar-refractivity contribution in [1.29, 1.82) is 0 Å². The van der Waals surface area contributed by atoms with E-state index in [1.165, 1.54) is 0 Å². The number of aromatic nitrogens is 1. The number of urea groups is 1. The number of rotatable bonds is 3. The molecule has 1 aromatic rings. The van der Waals surface area contributed by atoms with Crippen molar-refractivity contribution in [3.63, 3.8) is 0 Å². The van der Waals surface area contributed by atoms with E-state index in [4.69, 9.17) is 0 Å². The third-order valence-electron chi connectivity index (χ3n) is 4.40. The first-order valence-electron chi connectivity index (χ1n) is 7.25. The zero-order chi connectivity index (χ0) is 14.0. The third kappa shape index (κ3) is 2.17. The number of pyridine rings is 1. The van der Waals surface area contributed by atoms with Crippen LogP contribution in [-0.2, 0) is 11.2 Å². The van der Waals surface area contributed by atoms with Crippen LogP contribution in [0.3, 0.4) is 0 Å². The molecule has 5 heteroatoms. The maximum atomic E-state index is 12.2. The highest BCUT2D eigenvalue weighted by Crippen LogP contribution is 2.37. The molecule has 1 aromatic heterocycles. The van der Waals surface area contributed by atoms with E-state index in [1.807, 2.05) is 18.2 Å². The number of nitrogens with zero attached hydrogens (tertiary/aromatic N) is 2. The van der Waals surface area contributed by atoms with Crippen LogP contribution < -0.4 is 5.32 Å². The van der Waals surface area contributed by atoms with Crippen molar-refractivity contribution < 1.29 is 9.59 Å². The molecular weight excluding hydrogens is 254 g/mol. The number of hydrogen-bond acceptors (Lipinski definition) is 3. The maximum absolute atomic E-state index is 12.2. The number of hydrogen-bond donors (Lipinski definition) is 1. The molecular formula is C15H19N3O2. The smallest absolute Gasteiger partial charge is 0.309 e. The van der Waals surface area contributed by atoms with Gasteiger partial charge in [0.25, 0.3) is 5.91 Å². The second-order valence-corrected chi connectivity index (χ2v) is 5.57. The van der Waals surface area contributed by atoms with Gasteiger partial charge in [-0.1, -0.05) is 25.3 Å². The molecule has 0 radical (unpaired) electrons. The Morgan fingerprint density at radius 2 is 2.00 bits per heavy atom. The van der Waals surface area contributed by atoms with E-state index in [9.17, 15) is 9.59 Å². The van der Waals surface area contributed by atoms with Gasteiger partial charge in [-0.05, 0) is 25.0 Å². The van der Waals surface area contributed by atoms with Crippen LogP contribution in [0.25, 0.3) is 0 Å². The highest BCUT2D eigenvalue weighted by atomic mass is 16.2. The number of carbonyl (C=O) groups excluding carboxylic acids is 2. The van der Waals surface area contributed by atoms with Crippen LogP contribution in [0.1, 0.15) is 37.8 Å². The molecule has 1 N–H and O–H groups in total. The van der Waals surface area contributed by atoms with Crippen molar-refractivity contribution in [3.05, 3.63) is 30.1 Å². The lowest BCUT2D eigenvalue weighted by Crippen LogP contribution is -2.51. The summed E-state index contributed by atoms with van der Waals surface area (Å²) in [5.41, 5.74) is 0.356.